The van der Waals surface area contributed by atoms with Crippen molar-refractivity contribution in [1.29, 1.82) is 0 Å². The monoisotopic (exact) mass is 269 g/mol. The van der Waals surface area contributed by atoms with Gasteiger partial charge in [-0.05, 0) is 25.0 Å². The fourth-order valence-electron chi connectivity index (χ4n) is 1.92. The van der Waals surface area contributed by atoms with Crippen molar-refractivity contribution >= 4 is 17.3 Å². The van der Waals surface area contributed by atoms with Gasteiger partial charge in [0, 0.05) is 17.6 Å². The van der Waals surface area contributed by atoms with Gasteiger partial charge in [-0.2, -0.15) is 0 Å². The average molecular weight is 270 g/mol. The standard InChI is InChI=1S/C15H24ClNO/c1-4-5-6-7-8-9-17-14-10-12(2)13(16)11-15(14)18-3/h10-11,17H,4-9H2,1-3H3. The summed E-state index contributed by atoms with van der Waals surface area (Å²) in [5.74, 6) is 0.819. The minimum absolute atomic E-state index is 0.750. The van der Waals surface area contributed by atoms with Crippen LogP contribution in [0.4, 0.5) is 5.69 Å². The van der Waals surface area contributed by atoms with Crippen molar-refractivity contribution < 1.29 is 4.74 Å². The van der Waals surface area contributed by atoms with E-state index in [0.29, 0.717) is 0 Å². The Kier molecular flexibility index (Phi) is 6.96. The molecule has 0 radical (unpaired) electrons. The first kappa shape index (κ1) is 15.2. The molecular formula is C15H24ClNO. The zero-order valence-corrected chi connectivity index (χ0v) is 12.4. The van der Waals surface area contributed by atoms with E-state index >= 15 is 0 Å². The summed E-state index contributed by atoms with van der Waals surface area (Å²) in [6.07, 6.45) is 6.44. The number of anilines is 1. The van der Waals surface area contributed by atoms with Crippen LogP contribution < -0.4 is 10.1 Å². The fourth-order valence-corrected chi connectivity index (χ4v) is 2.08. The molecule has 0 bridgehead atoms. The number of hydrogen-bond donors (Lipinski definition) is 1. The van der Waals surface area contributed by atoms with E-state index in [9.17, 15) is 0 Å². The van der Waals surface area contributed by atoms with Crippen molar-refractivity contribution in [3.63, 3.8) is 0 Å². The highest BCUT2D eigenvalue weighted by Crippen LogP contribution is 2.30. The summed E-state index contributed by atoms with van der Waals surface area (Å²) in [7, 11) is 1.67. The van der Waals surface area contributed by atoms with E-state index in [-0.39, 0.29) is 0 Å². The summed E-state index contributed by atoms with van der Waals surface area (Å²) >= 11 is 6.08. The van der Waals surface area contributed by atoms with Crippen molar-refractivity contribution in [2.75, 3.05) is 19.0 Å². The number of benzene rings is 1. The molecule has 0 atom stereocenters. The molecule has 1 N–H and O–H groups in total. The van der Waals surface area contributed by atoms with Gasteiger partial charge in [-0.15, -0.1) is 0 Å². The van der Waals surface area contributed by atoms with Gasteiger partial charge in [0.2, 0.25) is 0 Å². The highest BCUT2D eigenvalue weighted by molar-refractivity contribution is 6.31. The maximum absolute atomic E-state index is 6.08. The highest BCUT2D eigenvalue weighted by Gasteiger charge is 2.06. The SMILES string of the molecule is CCCCCCCNc1cc(C)c(Cl)cc1OC. The lowest BCUT2D eigenvalue weighted by Crippen LogP contribution is -2.03. The Morgan fingerprint density at radius 2 is 1.89 bits per heavy atom. The number of halogens is 1. The molecule has 18 heavy (non-hydrogen) atoms. The van der Waals surface area contributed by atoms with Gasteiger partial charge in [0.25, 0.3) is 0 Å². The third kappa shape index (κ3) is 4.77. The summed E-state index contributed by atoms with van der Waals surface area (Å²) in [5, 5.41) is 4.18. The lowest BCUT2D eigenvalue weighted by molar-refractivity contribution is 0.416. The molecule has 0 saturated heterocycles. The summed E-state index contributed by atoms with van der Waals surface area (Å²) in [4.78, 5) is 0. The Morgan fingerprint density at radius 1 is 1.17 bits per heavy atom. The average Bonchev–Trinajstić information content (AvgIpc) is 2.37. The topological polar surface area (TPSA) is 21.3 Å². The third-order valence-corrected chi connectivity index (χ3v) is 3.48. The predicted molar refractivity (Wildman–Crippen MR) is 80.0 cm³/mol. The van der Waals surface area contributed by atoms with Gasteiger partial charge in [-0.3, -0.25) is 0 Å². The lowest BCUT2D eigenvalue weighted by Gasteiger charge is -2.13. The van der Waals surface area contributed by atoms with Crippen molar-refractivity contribution in [3.05, 3.63) is 22.7 Å². The van der Waals surface area contributed by atoms with Crippen LogP contribution >= 0.6 is 11.6 Å². The molecule has 1 rings (SSSR count). The summed E-state index contributed by atoms with van der Waals surface area (Å²) in [6.45, 7) is 5.23. The number of hydrogen-bond acceptors (Lipinski definition) is 2. The van der Waals surface area contributed by atoms with Crippen LogP contribution in [-0.4, -0.2) is 13.7 Å². The largest absolute Gasteiger partial charge is 0.495 e. The number of rotatable bonds is 8. The van der Waals surface area contributed by atoms with Crippen molar-refractivity contribution in [1.82, 2.24) is 0 Å². The first-order valence-corrected chi connectivity index (χ1v) is 7.14. The molecule has 0 unspecified atom stereocenters. The second-order valence-electron chi connectivity index (χ2n) is 4.64. The van der Waals surface area contributed by atoms with Gasteiger partial charge in [-0.25, -0.2) is 0 Å². The molecule has 0 spiro atoms. The molecule has 0 aliphatic heterocycles. The molecule has 1 aromatic carbocycles. The minimum atomic E-state index is 0.750. The van der Waals surface area contributed by atoms with E-state index in [1.54, 1.807) is 7.11 Å². The predicted octanol–water partition coefficient (Wildman–Crippen LogP) is 5.04. The smallest absolute Gasteiger partial charge is 0.143 e. The highest BCUT2D eigenvalue weighted by atomic mass is 35.5. The summed E-state index contributed by atoms with van der Waals surface area (Å²) in [6, 6.07) is 3.92. The molecule has 0 aliphatic rings. The molecule has 2 nitrogen and oxygen atoms in total. The molecule has 1 aromatic rings. The van der Waals surface area contributed by atoms with E-state index < -0.39 is 0 Å². The summed E-state index contributed by atoms with van der Waals surface area (Å²) in [5.41, 5.74) is 2.11. The Labute approximate surface area is 116 Å². The lowest BCUT2D eigenvalue weighted by atomic mass is 10.1. The van der Waals surface area contributed by atoms with E-state index in [2.05, 4.69) is 12.2 Å². The van der Waals surface area contributed by atoms with Gasteiger partial charge in [0.15, 0.2) is 0 Å². The first-order chi connectivity index (χ1) is 8.69. The zero-order chi connectivity index (χ0) is 13.4. The maximum Gasteiger partial charge on any atom is 0.143 e. The summed E-state index contributed by atoms with van der Waals surface area (Å²) < 4.78 is 5.33. The van der Waals surface area contributed by atoms with E-state index in [4.69, 9.17) is 16.3 Å². The van der Waals surface area contributed by atoms with Gasteiger partial charge in [0.05, 0.1) is 12.8 Å². The Bertz CT molecular complexity index is 366. The first-order valence-electron chi connectivity index (χ1n) is 6.77. The molecule has 0 amide bonds. The van der Waals surface area contributed by atoms with Gasteiger partial charge in [-0.1, -0.05) is 44.2 Å². The van der Waals surface area contributed by atoms with Crippen LogP contribution in [0.15, 0.2) is 12.1 Å². The minimum Gasteiger partial charge on any atom is -0.495 e. The number of ether oxygens (including phenoxy) is 1. The second kappa shape index (κ2) is 8.25. The van der Waals surface area contributed by atoms with E-state index in [1.165, 1.54) is 32.1 Å². The van der Waals surface area contributed by atoms with Gasteiger partial charge >= 0.3 is 0 Å². The van der Waals surface area contributed by atoms with Crippen molar-refractivity contribution in [2.45, 2.75) is 46.0 Å². The third-order valence-electron chi connectivity index (χ3n) is 3.08. The van der Waals surface area contributed by atoms with Crippen molar-refractivity contribution in [2.24, 2.45) is 0 Å². The molecule has 0 aliphatic carbocycles. The zero-order valence-electron chi connectivity index (χ0n) is 11.7. The quantitative estimate of drug-likeness (QED) is 0.668. The van der Waals surface area contributed by atoms with Crippen molar-refractivity contribution in [3.8, 4) is 5.75 Å². The maximum atomic E-state index is 6.08. The van der Waals surface area contributed by atoms with Crippen LogP contribution in [0.2, 0.25) is 5.02 Å². The molecule has 0 aromatic heterocycles. The molecule has 0 heterocycles. The van der Waals surface area contributed by atoms with Crippen LogP contribution in [0.5, 0.6) is 5.75 Å². The van der Waals surface area contributed by atoms with Crippen LogP contribution in [-0.2, 0) is 0 Å². The van der Waals surface area contributed by atoms with Gasteiger partial charge < -0.3 is 10.1 Å². The Morgan fingerprint density at radius 3 is 2.56 bits per heavy atom. The molecule has 102 valence electrons. The number of nitrogens with one attached hydrogen (secondary N) is 1. The fraction of sp³-hybridized carbons (Fsp3) is 0.600. The number of methoxy groups -OCH3 is 1. The number of aryl methyl sites for hydroxylation is 1. The second-order valence-corrected chi connectivity index (χ2v) is 5.05. The van der Waals surface area contributed by atoms with E-state index in [1.807, 2.05) is 19.1 Å². The Hall–Kier alpha value is -0.890. The van der Waals surface area contributed by atoms with Crippen LogP contribution in [0, 0.1) is 6.92 Å². The normalized spacial score (nSPS) is 10.4. The van der Waals surface area contributed by atoms with Crippen LogP contribution in [0.1, 0.15) is 44.6 Å². The Balaban J connectivity index is 2.43. The number of unbranched alkanes of at least 4 members (excludes halogenated alkanes) is 4. The van der Waals surface area contributed by atoms with Gasteiger partial charge in [0.1, 0.15) is 5.75 Å². The van der Waals surface area contributed by atoms with Crippen LogP contribution in [0.25, 0.3) is 0 Å². The van der Waals surface area contributed by atoms with E-state index in [0.717, 1.165) is 28.6 Å². The molecular weight excluding hydrogens is 246 g/mol. The van der Waals surface area contributed by atoms with Crippen LogP contribution in [0.3, 0.4) is 0 Å². The molecule has 0 saturated carbocycles. The molecule has 0 fully saturated rings. The molecule has 3 heteroatoms.